The van der Waals surface area contributed by atoms with Crippen molar-refractivity contribution in [3.05, 3.63) is 47.4 Å². The maximum absolute atomic E-state index is 10.9. The Hall–Kier alpha value is -2.80. The van der Waals surface area contributed by atoms with Crippen molar-refractivity contribution in [2.24, 2.45) is 0 Å². The Morgan fingerprint density at radius 1 is 1.29 bits per heavy atom. The molecule has 3 heterocycles. The van der Waals surface area contributed by atoms with Gasteiger partial charge in [-0.15, -0.1) is 0 Å². The number of carbonyl (C=O) groups is 1. The second-order valence-electron chi connectivity index (χ2n) is 5.47. The first-order valence-electron chi connectivity index (χ1n) is 7.68. The van der Waals surface area contributed by atoms with Crippen molar-refractivity contribution in [3.8, 4) is 5.88 Å². The van der Waals surface area contributed by atoms with E-state index in [9.17, 15) is 4.79 Å². The van der Waals surface area contributed by atoms with Gasteiger partial charge < -0.3 is 15.2 Å². The number of nitrogens with one attached hydrogen (secondary N) is 1. The van der Waals surface area contributed by atoms with E-state index >= 15 is 0 Å². The number of aldehydes is 1. The Bertz CT molecular complexity index is 757. The number of carbonyl (C=O) groups excluding carboxylic acids is 1. The predicted molar refractivity (Wildman–Crippen MR) is 88.7 cm³/mol. The number of hydrogen-bond acceptors (Lipinski definition) is 7. The van der Waals surface area contributed by atoms with E-state index in [-0.39, 0.29) is 17.5 Å². The number of anilines is 1. The minimum Gasteiger partial charge on any atom is -0.474 e. The van der Waals surface area contributed by atoms with Gasteiger partial charge >= 0.3 is 0 Å². The number of aromatic nitrogens is 2. The molecule has 3 N–H and O–H groups in total. The van der Waals surface area contributed by atoms with Crippen molar-refractivity contribution in [1.29, 1.82) is 5.41 Å². The van der Waals surface area contributed by atoms with Crippen LogP contribution in [0.5, 0.6) is 5.88 Å². The van der Waals surface area contributed by atoms with Gasteiger partial charge in [-0.1, -0.05) is 0 Å². The first kappa shape index (κ1) is 16.1. The fourth-order valence-electron chi connectivity index (χ4n) is 2.56. The lowest BCUT2D eigenvalue weighted by Crippen LogP contribution is -2.27. The van der Waals surface area contributed by atoms with Crippen molar-refractivity contribution in [2.45, 2.75) is 18.9 Å². The van der Waals surface area contributed by atoms with Crippen LogP contribution in [0.1, 0.15) is 34.5 Å². The minimum absolute atomic E-state index is 0.0115. The summed E-state index contributed by atoms with van der Waals surface area (Å²) in [5.41, 5.74) is 7.83. The van der Waals surface area contributed by atoms with Gasteiger partial charge in [0, 0.05) is 36.5 Å². The van der Waals surface area contributed by atoms with Crippen molar-refractivity contribution in [3.63, 3.8) is 0 Å². The number of hydrogen-bond donors (Lipinski definition) is 2. The zero-order chi connectivity index (χ0) is 16.9. The molecule has 124 valence electrons. The van der Waals surface area contributed by atoms with Gasteiger partial charge in [-0.05, 0) is 18.2 Å². The standard InChI is InChI=1S/C17H18N4O3/c18-14-2-6-21-17(24-13-3-7-23-8-4-13)15(14)16(19)11-1-5-20-12(9-11)10-22/h1-2,5-6,9-10,13,19H,3-4,7-8H2,(H2,18,21). The summed E-state index contributed by atoms with van der Waals surface area (Å²) in [6, 6.07) is 4.82. The lowest BCUT2D eigenvalue weighted by atomic mass is 10.0. The highest BCUT2D eigenvalue weighted by molar-refractivity contribution is 6.15. The van der Waals surface area contributed by atoms with E-state index in [2.05, 4.69) is 9.97 Å². The van der Waals surface area contributed by atoms with Gasteiger partial charge in [-0.3, -0.25) is 15.2 Å². The summed E-state index contributed by atoms with van der Waals surface area (Å²) in [4.78, 5) is 19.1. The lowest BCUT2D eigenvalue weighted by molar-refractivity contribution is 0.0237. The molecule has 0 saturated carbocycles. The number of rotatable bonds is 5. The fourth-order valence-corrected chi connectivity index (χ4v) is 2.56. The second kappa shape index (κ2) is 7.18. The third-order valence-electron chi connectivity index (χ3n) is 3.84. The van der Waals surface area contributed by atoms with Crippen LogP contribution >= 0.6 is 0 Å². The Kier molecular flexibility index (Phi) is 4.81. The van der Waals surface area contributed by atoms with E-state index in [1.165, 1.54) is 6.20 Å². The lowest BCUT2D eigenvalue weighted by Gasteiger charge is -2.24. The molecular weight excluding hydrogens is 308 g/mol. The highest BCUT2D eigenvalue weighted by Crippen LogP contribution is 2.27. The molecule has 1 aliphatic heterocycles. The van der Waals surface area contributed by atoms with E-state index in [0.29, 0.717) is 42.2 Å². The second-order valence-corrected chi connectivity index (χ2v) is 5.47. The number of nitrogen functional groups attached to an aromatic ring is 1. The maximum Gasteiger partial charge on any atom is 0.225 e. The molecule has 0 aromatic carbocycles. The monoisotopic (exact) mass is 326 g/mol. The van der Waals surface area contributed by atoms with Gasteiger partial charge in [0.15, 0.2) is 6.29 Å². The fraction of sp³-hybridized carbons (Fsp3) is 0.294. The quantitative estimate of drug-likeness (QED) is 0.640. The molecule has 1 saturated heterocycles. The summed E-state index contributed by atoms with van der Waals surface area (Å²) in [5.74, 6) is 0.330. The molecule has 1 fully saturated rings. The molecule has 0 spiro atoms. The zero-order valence-corrected chi connectivity index (χ0v) is 13.1. The summed E-state index contributed by atoms with van der Waals surface area (Å²) in [5, 5.41) is 8.47. The van der Waals surface area contributed by atoms with Crippen LogP contribution < -0.4 is 10.5 Å². The van der Waals surface area contributed by atoms with Crippen LogP contribution in [0.2, 0.25) is 0 Å². The van der Waals surface area contributed by atoms with Gasteiger partial charge in [0.2, 0.25) is 5.88 Å². The molecule has 1 aliphatic rings. The van der Waals surface area contributed by atoms with Gasteiger partial charge in [0.25, 0.3) is 0 Å². The summed E-state index contributed by atoms with van der Waals surface area (Å²) < 4.78 is 11.3. The molecular formula is C17H18N4O3. The molecule has 0 aliphatic carbocycles. The van der Waals surface area contributed by atoms with Crippen LogP contribution in [-0.4, -0.2) is 41.3 Å². The van der Waals surface area contributed by atoms with Crippen molar-refractivity contribution < 1.29 is 14.3 Å². The molecule has 0 atom stereocenters. The Balaban J connectivity index is 1.93. The Labute approximate surface area is 139 Å². The number of ether oxygens (including phenoxy) is 2. The predicted octanol–water partition coefficient (Wildman–Crippen LogP) is 1.85. The summed E-state index contributed by atoms with van der Waals surface area (Å²) in [6.07, 6.45) is 5.22. The molecule has 24 heavy (non-hydrogen) atoms. The Morgan fingerprint density at radius 3 is 2.79 bits per heavy atom. The van der Waals surface area contributed by atoms with Crippen LogP contribution in [0.25, 0.3) is 0 Å². The normalized spacial score (nSPS) is 15.0. The molecule has 3 rings (SSSR count). The first-order chi connectivity index (χ1) is 11.7. The van der Waals surface area contributed by atoms with E-state index in [4.69, 9.17) is 20.6 Å². The van der Waals surface area contributed by atoms with E-state index in [1.807, 2.05) is 0 Å². The average molecular weight is 326 g/mol. The maximum atomic E-state index is 10.9. The van der Waals surface area contributed by atoms with Crippen LogP contribution in [0, 0.1) is 5.41 Å². The largest absolute Gasteiger partial charge is 0.474 e. The van der Waals surface area contributed by atoms with Gasteiger partial charge in [0.05, 0.1) is 24.5 Å². The molecule has 0 radical (unpaired) electrons. The molecule has 7 heteroatoms. The van der Waals surface area contributed by atoms with E-state index in [0.717, 1.165) is 12.8 Å². The Morgan fingerprint density at radius 2 is 2.04 bits per heavy atom. The van der Waals surface area contributed by atoms with E-state index in [1.54, 1.807) is 24.4 Å². The topological polar surface area (TPSA) is 111 Å². The van der Waals surface area contributed by atoms with Crippen molar-refractivity contribution in [1.82, 2.24) is 9.97 Å². The molecule has 2 aromatic heterocycles. The molecule has 0 amide bonds. The third kappa shape index (κ3) is 3.41. The van der Waals surface area contributed by atoms with Gasteiger partial charge in [0.1, 0.15) is 11.8 Å². The highest BCUT2D eigenvalue weighted by atomic mass is 16.5. The van der Waals surface area contributed by atoms with Crippen molar-refractivity contribution in [2.75, 3.05) is 18.9 Å². The number of nitrogens with two attached hydrogens (primary N) is 1. The number of nitrogens with zero attached hydrogens (tertiary/aromatic N) is 2. The zero-order valence-electron chi connectivity index (χ0n) is 13.1. The van der Waals surface area contributed by atoms with E-state index < -0.39 is 0 Å². The highest BCUT2D eigenvalue weighted by Gasteiger charge is 2.21. The minimum atomic E-state index is -0.0115. The van der Waals surface area contributed by atoms with Crippen LogP contribution in [0.15, 0.2) is 30.6 Å². The third-order valence-corrected chi connectivity index (χ3v) is 3.84. The smallest absolute Gasteiger partial charge is 0.225 e. The van der Waals surface area contributed by atoms with Crippen LogP contribution in [0.3, 0.4) is 0 Å². The molecule has 7 nitrogen and oxygen atoms in total. The first-order valence-corrected chi connectivity index (χ1v) is 7.68. The molecule has 2 aromatic rings. The van der Waals surface area contributed by atoms with Gasteiger partial charge in [-0.25, -0.2) is 4.98 Å². The van der Waals surface area contributed by atoms with Crippen LogP contribution in [-0.2, 0) is 4.74 Å². The van der Waals surface area contributed by atoms with Crippen molar-refractivity contribution >= 4 is 17.7 Å². The SMILES string of the molecule is N=C(c1ccnc(C=O)c1)c1c(N)ccnc1OC1CCOCC1. The number of pyridine rings is 2. The summed E-state index contributed by atoms with van der Waals surface area (Å²) in [7, 11) is 0. The summed E-state index contributed by atoms with van der Waals surface area (Å²) in [6.45, 7) is 1.29. The molecule has 0 unspecified atom stereocenters. The summed E-state index contributed by atoms with van der Waals surface area (Å²) >= 11 is 0. The molecule has 0 bridgehead atoms. The van der Waals surface area contributed by atoms with Crippen LogP contribution in [0.4, 0.5) is 5.69 Å². The van der Waals surface area contributed by atoms with Gasteiger partial charge in [-0.2, -0.15) is 0 Å². The average Bonchev–Trinajstić information content (AvgIpc) is 2.62.